The third-order valence-electron chi connectivity index (χ3n) is 4.83. The first-order chi connectivity index (χ1) is 15.5. The Hall–Kier alpha value is -4.26. The Labute approximate surface area is 184 Å². The van der Waals surface area contributed by atoms with E-state index in [2.05, 4.69) is 15.6 Å². The van der Waals surface area contributed by atoms with E-state index in [0.29, 0.717) is 34.9 Å². The van der Waals surface area contributed by atoms with Gasteiger partial charge in [-0.25, -0.2) is 9.37 Å². The normalized spacial score (nSPS) is 10.6. The number of carbonyl (C=O) groups excluding carboxylic acids is 2. The number of benzene rings is 3. The number of halogens is 1. The van der Waals surface area contributed by atoms with Crippen LogP contribution in [0.2, 0.25) is 0 Å². The van der Waals surface area contributed by atoms with E-state index in [9.17, 15) is 14.0 Å². The van der Waals surface area contributed by atoms with Gasteiger partial charge in [0.25, 0.3) is 5.91 Å². The Morgan fingerprint density at radius 1 is 0.938 bits per heavy atom. The number of aromatic nitrogens is 2. The largest absolute Gasteiger partial charge is 0.326 e. The number of anilines is 2. The smallest absolute Gasteiger partial charge is 0.256 e. The monoisotopic (exact) mass is 428 g/mol. The molecule has 32 heavy (non-hydrogen) atoms. The lowest BCUT2D eigenvalue weighted by Crippen LogP contribution is -2.16. The van der Waals surface area contributed by atoms with Crippen molar-refractivity contribution in [3.63, 3.8) is 0 Å². The number of imidazole rings is 1. The van der Waals surface area contributed by atoms with Gasteiger partial charge in [-0.1, -0.05) is 36.4 Å². The molecule has 0 bridgehead atoms. The molecule has 1 heterocycles. The summed E-state index contributed by atoms with van der Waals surface area (Å²) in [7, 11) is 0. The number of amides is 2. The summed E-state index contributed by atoms with van der Waals surface area (Å²) in [5.74, 6) is -0.425. The molecular formula is C25H21FN4O2. The molecule has 0 aliphatic rings. The molecule has 2 amide bonds. The summed E-state index contributed by atoms with van der Waals surface area (Å²) >= 11 is 0. The van der Waals surface area contributed by atoms with Gasteiger partial charge in [0.15, 0.2) is 0 Å². The van der Waals surface area contributed by atoms with Crippen molar-refractivity contribution in [1.29, 1.82) is 0 Å². The second-order valence-electron chi connectivity index (χ2n) is 7.28. The molecule has 2 N–H and O–H groups in total. The SMILES string of the molecule is CC(=O)Nc1cccc(C(=O)Nc2c(-c3ccc(F)cc3)ncn2Cc2ccccc2)c1. The summed E-state index contributed by atoms with van der Waals surface area (Å²) < 4.78 is 15.3. The highest BCUT2D eigenvalue weighted by atomic mass is 19.1. The summed E-state index contributed by atoms with van der Waals surface area (Å²) in [5, 5.41) is 5.62. The van der Waals surface area contributed by atoms with Crippen LogP contribution in [-0.2, 0) is 11.3 Å². The summed E-state index contributed by atoms with van der Waals surface area (Å²) in [4.78, 5) is 28.9. The van der Waals surface area contributed by atoms with Gasteiger partial charge in [0.1, 0.15) is 17.3 Å². The molecule has 160 valence electrons. The number of hydrogen-bond acceptors (Lipinski definition) is 3. The van der Waals surface area contributed by atoms with E-state index >= 15 is 0 Å². The van der Waals surface area contributed by atoms with Crippen molar-refractivity contribution < 1.29 is 14.0 Å². The molecule has 0 aliphatic heterocycles. The van der Waals surface area contributed by atoms with Gasteiger partial charge in [0, 0.05) is 23.7 Å². The lowest BCUT2D eigenvalue weighted by atomic mass is 10.1. The average Bonchev–Trinajstić information content (AvgIpc) is 3.16. The lowest BCUT2D eigenvalue weighted by Gasteiger charge is -2.13. The second-order valence-corrected chi connectivity index (χ2v) is 7.28. The Balaban J connectivity index is 1.69. The van der Waals surface area contributed by atoms with E-state index < -0.39 is 0 Å². The molecule has 0 aliphatic carbocycles. The maximum absolute atomic E-state index is 13.4. The molecule has 4 rings (SSSR count). The highest BCUT2D eigenvalue weighted by Gasteiger charge is 2.17. The molecule has 0 saturated carbocycles. The van der Waals surface area contributed by atoms with Gasteiger partial charge < -0.3 is 15.2 Å². The van der Waals surface area contributed by atoms with Crippen LogP contribution >= 0.6 is 0 Å². The van der Waals surface area contributed by atoms with E-state index in [-0.39, 0.29) is 17.6 Å². The molecule has 6 nitrogen and oxygen atoms in total. The molecule has 0 atom stereocenters. The quantitative estimate of drug-likeness (QED) is 0.456. The third-order valence-corrected chi connectivity index (χ3v) is 4.83. The second kappa shape index (κ2) is 9.26. The number of nitrogens with zero attached hydrogens (tertiary/aromatic N) is 2. The Bertz CT molecular complexity index is 1250. The predicted octanol–water partition coefficient (Wildman–Crippen LogP) is 4.95. The number of nitrogens with one attached hydrogen (secondary N) is 2. The van der Waals surface area contributed by atoms with Gasteiger partial charge in [0.05, 0.1) is 12.9 Å². The van der Waals surface area contributed by atoms with Crippen molar-refractivity contribution >= 4 is 23.3 Å². The van der Waals surface area contributed by atoms with Crippen LogP contribution in [-0.4, -0.2) is 21.4 Å². The zero-order chi connectivity index (χ0) is 22.5. The number of carbonyl (C=O) groups is 2. The third kappa shape index (κ3) is 4.89. The van der Waals surface area contributed by atoms with Crippen LogP contribution in [0.3, 0.4) is 0 Å². The maximum atomic E-state index is 13.4. The van der Waals surface area contributed by atoms with Crippen LogP contribution in [0, 0.1) is 5.82 Å². The molecule has 0 radical (unpaired) electrons. The first kappa shape index (κ1) is 21.0. The molecule has 0 saturated heterocycles. The van der Waals surface area contributed by atoms with Gasteiger partial charge in [0.2, 0.25) is 5.91 Å². The van der Waals surface area contributed by atoms with Crippen LogP contribution in [0.1, 0.15) is 22.8 Å². The topological polar surface area (TPSA) is 76.0 Å². The van der Waals surface area contributed by atoms with Crippen molar-refractivity contribution in [3.8, 4) is 11.3 Å². The fraction of sp³-hybridized carbons (Fsp3) is 0.0800. The van der Waals surface area contributed by atoms with Crippen molar-refractivity contribution in [2.75, 3.05) is 10.6 Å². The van der Waals surface area contributed by atoms with Gasteiger partial charge >= 0.3 is 0 Å². The minimum absolute atomic E-state index is 0.220. The molecular weight excluding hydrogens is 407 g/mol. The maximum Gasteiger partial charge on any atom is 0.256 e. The molecule has 7 heteroatoms. The van der Waals surface area contributed by atoms with E-state index in [4.69, 9.17) is 0 Å². The van der Waals surface area contributed by atoms with Crippen molar-refractivity contribution in [2.24, 2.45) is 0 Å². The van der Waals surface area contributed by atoms with Crippen molar-refractivity contribution in [3.05, 3.63) is 102 Å². The highest BCUT2D eigenvalue weighted by molar-refractivity contribution is 6.06. The minimum Gasteiger partial charge on any atom is -0.326 e. The van der Waals surface area contributed by atoms with E-state index in [1.54, 1.807) is 42.7 Å². The van der Waals surface area contributed by atoms with Crippen LogP contribution in [0.15, 0.2) is 85.2 Å². The van der Waals surface area contributed by atoms with Gasteiger partial charge in [-0.05, 0) is 48.0 Å². The zero-order valence-electron chi connectivity index (χ0n) is 17.4. The zero-order valence-corrected chi connectivity index (χ0v) is 17.4. The minimum atomic E-state index is -0.352. The Morgan fingerprint density at radius 2 is 1.69 bits per heavy atom. The summed E-state index contributed by atoms with van der Waals surface area (Å²) in [5.41, 5.74) is 3.17. The van der Waals surface area contributed by atoms with Gasteiger partial charge in [-0.3, -0.25) is 9.59 Å². The average molecular weight is 428 g/mol. The Morgan fingerprint density at radius 3 is 2.41 bits per heavy atom. The van der Waals surface area contributed by atoms with Crippen molar-refractivity contribution in [2.45, 2.75) is 13.5 Å². The summed E-state index contributed by atoms with van der Waals surface area (Å²) in [6.45, 7) is 1.90. The number of hydrogen-bond donors (Lipinski definition) is 2. The van der Waals surface area contributed by atoms with Gasteiger partial charge in [-0.15, -0.1) is 0 Å². The van der Waals surface area contributed by atoms with E-state index in [0.717, 1.165) is 5.56 Å². The van der Waals surface area contributed by atoms with E-state index in [1.165, 1.54) is 19.1 Å². The van der Waals surface area contributed by atoms with Crippen LogP contribution in [0.25, 0.3) is 11.3 Å². The predicted molar refractivity (Wildman–Crippen MR) is 122 cm³/mol. The lowest BCUT2D eigenvalue weighted by molar-refractivity contribution is -0.114. The van der Waals surface area contributed by atoms with Crippen LogP contribution in [0.4, 0.5) is 15.9 Å². The molecule has 1 aromatic heterocycles. The molecule has 3 aromatic carbocycles. The fourth-order valence-electron chi connectivity index (χ4n) is 3.35. The molecule has 0 fully saturated rings. The molecule has 0 spiro atoms. The standard InChI is InChI=1S/C25H21FN4O2/c1-17(31)28-22-9-5-8-20(14-22)25(32)29-24-23(19-10-12-21(26)13-11-19)27-16-30(24)15-18-6-3-2-4-7-18/h2-14,16H,15H2,1H3,(H,28,31)(H,29,32). The first-order valence-electron chi connectivity index (χ1n) is 10.0. The van der Waals surface area contributed by atoms with Crippen molar-refractivity contribution in [1.82, 2.24) is 9.55 Å². The molecule has 4 aromatic rings. The van der Waals surface area contributed by atoms with Gasteiger partial charge in [-0.2, -0.15) is 0 Å². The molecule has 0 unspecified atom stereocenters. The first-order valence-corrected chi connectivity index (χ1v) is 10.0. The fourth-order valence-corrected chi connectivity index (χ4v) is 3.35. The highest BCUT2D eigenvalue weighted by Crippen LogP contribution is 2.28. The Kier molecular flexibility index (Phi) is 6.07. The van der Waals surface area contributed by atoms with E-state index in [1.807, 2.05) is 34.9 Å². The number of rotatable bonds is 6. The van der Waals surface area contributed by atoms with Crippen LogP contribution in [0.5, 0.6) is 0 Å². The summed E-state index contributed by atoms with van der Waals surface area (Å²) in [6.07, 6.45) is 1.65. The van der Waals surface area contributed by atoms with Crippen LogP contribution < -0.4 is 10.6 Å². The summed E-state index contributed by atoms with van der Waals surface area (Å²) in [6, 6.07) is 22.4.